The fourth-order valence-corrected chi connectivity index (χ4v) is 6.29. The summed E-state index contributed by atoms with van der Waals surface area (Å²) in [5, 5.41) is 25.2. The van der Waals surface area contributed by atoms with Crippen LogP contribution in [0.3, 0.4) is 0 Å². The molecule has 0 aliphatic heterocycles. The lowest BCUT2D eigenvalue weighted by Gasteiger charge is -2.13. The number of hydrogen-bond acceptors (Lipinski definition) is 7. The Hall–Kier alpha value is -4.11. The molecule has 5 N–H and O–H groups in total. The molecule has 0 saturated carbocycles. The molecule has 0 aliphatic carbocycles. The second-order valence-corrected chi connectivity index (χ2v) is 12.5. The van der Waals surface area contributed by atoms with Crippen molar-refractivity contribution in [2.24, 2.45) is 0 Å². The first-order chi connectivity index (χ1) is 23.2. The SMILES string of the molecule is CNc1cccc(COc2c(Br)cc(CC(=O)O)cc2Br)c1F.CNc1cccc(COc2c(Cl)cc(C(=O)NCC(=O)O)cc2Cl)c1F. The molecule has 10 nitrogen and oxygen atoms in total. The lowest BCUT2D eigenvalue weighted by molar-refractivity contribution is -0.137. The highest BCUT2D eigenvalue weighted by Crippen LogP contribution is 2.37. The van der Waals surface area contributed by atoms with Crippen molar-refractivity contribution in [3.63, 3.8) is 0 Å². The molecule has 0 heterocycles. The second kappa shape index (κ2) is 18.6. The molecule has 0 atom stereocenters. The van der Waals surface area contributed by atoms with E-state index in [9.17, 15) is 23.2 Å². The van der Waals surface area contributed by atoms with Gasteiger partial charge in [0.15, 0.2) is 17.4 Å². The zero-order valence-corrected chi connectivity index (χ0v) is 30.5. The fraction of sp³-hybridized carbons (Fsp3) is 0.182. The predicted molar refractivity (Wildman–Crippen MR) is 190 cm³/mol. The van der Waals surface area contributed by atoms with E-state index in [0.717, 1.165) is 0 Å². The summed E-state index contributed by atoms with van der Waals surface area (Å²) in [5.41, 5.74) is 2.16. The minimum absolute atomic E-state index is 0.0446. The van der Waals surface area contributed by atoms with Crippen LogP contribution in [0.5, 0.6) is 11.5 Å². The van der Waals surface area contributed by atoms with Gasteiger partial charge in [0.1, 0.15) is 25.5 Å². The molecule has 0 bridgehead atoms. The third-order valence-corrected chi connectivity index (χ3v) is 8.25. The van der Waals surface area contributed by atoms with E-state index in [-0.39, 0.29) is 46.8 Å². The van der Waals surface area contributed by atoms with Crippen molar-refractivity contribution in [2.45, 2.75) is 19.6 Å². The van der Waals surface area contributed by atoms with Crippen LogP contribution in [0.4, 0.5) is 20.2 Å². The summed E-state index contributed by atoms with van der Waals surface area (Å²) in [5.74, 6) is -2.96. The van der Waals surface area contributed by atoms with Gasteiger partial charge in [-0.15, -0.1) is 0 Å². The molecule has 260 valence electrons. The van der Waals surface area contributed by atoms with Crippen LogP contribution in [0, 0.1) is 11.6 Å². The van der Waals surface area contributed by atoms with Gasteiger partial charge in [0.2, 0.25) is 0 Å². The van der Waals surface area contributed by atoms with Crippen LogP contribution in [-0.4, -0.2) is 48.7 Å². The molecule has 0 radical (unpaired) electrons. The first-order valence-corrected chi connectivity index (χ1v) is 16.4. The maximum Gasteiger partial charge on any atom is 0.322 e. The van der Waals surface area contributed by atoms with E-state index in [0.29, 0.717) is 42.8 Å². The predicted octanol–water partition coefficient (Wildman–Crippen LogP) is 8.17. The third kappa shape index (κ3) is 11.2. The number of halogens is 6. The molecule has 0 aromatic heterocycles. The minimum Gasteiger partial charge on any atom is -0.486 e. The van der Waals surface area contributed by atoms with Crippen molar-refractivity contribution >= 4 is 84.3 Å². The van der Waals surface area contributed by atoms with Gasteiger partial charge in [-0.05, 0) is 73.8 Å². The molecule has 4 rings (SSSR count). The van der Waals surface area contributed by atoms with Crippen LogP contribution in [-0.2, 0) is 29.2 Å². The van der Waals surface area contributed by atoms with Crippen LogP contribution in [0.2, 0.25) is 10.0 Å². The molecule has 0 fully saturated rings. The molecular formula is C33H29Br2Cl2F2N3O7. The number of aliphatic carboxylic acids is 2. The van der Waals surface area contributed by atoms with E-state index in [1.54, 1.807) is 62.6 Å². The number of carbonyl (C=O) groups excluding carboxylic acids is 1. The van der Waals surface area contributed by atoms with Gasteiger partial charge < -0.3 is 35.6 Å². The number of ether oxygens (including phenoxy) is 2. The van der Waals surface area contributed by atoms with Crippen LogP contribution in [0.1, 0.15) is 27.0 Å². The number of nitrogens with one attached hydrogen (secondary N) is 3. The van der Waals surface area contributed by atoms with E-state index in [1.165, 1.54) is 12.1 Å². The average Bonchev–Trinajstić information content (AvgIpc) is 3.04. The van der Waals surface area contributed by atoms with Gasteiger partial charge in [0.25, 0.3) is 5.91 Å². The number of carbonyl (C=O) groups is 3. The van der Waals surface area contributed by atoms with Crippen LogP contribution < -0.4 is 25.4 Å². The van der Waals surface area contributed by atoms with Crippen molar-refractivity contribution < 1.29 is 42.9 Å². The van der Waals surface area contributed by atoms with E-state index in [1.807, 2.05) is 0 Å². The number of benzene rings is 4. The third-order valence-electron chi connectivity index (χ3n) is 6.51. The minimum atomic E-state index is -1.18. The number of carboxylic acid groups (broad SMARTS) is 2. The zero-order chi connectivity index (χ0) is 36.2. The lowest BCUT2D eigenvalue weighted by atomic mass is 10.1. The summed E-state index contributed by atoms with van der Waals surface area (Å²) in [6, 6.07) is 15.8. The highest BCUT2D eigenvalue weighted by atomic mass is 79.9. The van der Waals surface area contributed by atoms with Crippen molar-refractivity contribution in [3.8, 4) is 11.5 Å². The molecular weight excluding hydrogens is 819 g/mol. The monoisotopic (exact) mass is 845 g/mol. The Balaban J connectivity index is 0.000000267. The molecule has 16 heteroatoms. The van der Waals surface area contributed by atoms with Gasteiger partial charge >= 0.3 is 11.9 Å². The van der Waals surface area contributed by atoms with Crippen molar-refractivity contribution in [3.05, 3.63) is 114 Å². The van der Waals surface area contributed by atoms with Crippen molar-refractivity contribution in [1.29, 1.82) is 0 Å². The molecule has 0 saturated heterocycles. The Morgan fingerprint density at radius 1 is 0.755 bits per heavy atom. The van der Waals surface area contributed by atoms with Gasteiger partial charge in [-0.3, -0.25) is 14.4 Å². The molecule has 0 aliphatic rings. The summed E-state index contributed by atoms with van der Waals surface area (Å²) in [4.78, 5) is 33.1. The zero-order valence-electron chi connectivity index (χ0n) is 25.8. The Morgan fingerprint density at radius 3 is 1.65 bits per heavy atom. The number of hydrogen-bond donors (Lipinski definition) is 5. The van der Waals surface area contributed by atoms with E-state index < -0.39 is 30.2 Å². The molecule has 1 amide bonds. The number of rotatable bonds is 13. The topological polar surface area (TPSA) is 146 Å². The lowest BCUT2D eigenvalue weighted by Crippen LogP contribution is -2.29. The van der Waals surface area contributed by atoms with E-state index in [2.05, 4.69) is 47.8 Å². The van der Waals surface area contributed by atoms with E-state index in [4.69, 9.17) is 42.9 Å². The quantitative estimate of drug-likeness (QED) is 0.0900. The Bertz CT molecular complexity index is 1800. The highest BCUT2D eigenvalue weighted by molar-refractivity contribution is 9.11. The van der Waals surface area contributed by atoms with Crippen molar-refractivity contribution in [2.75, 3.05) is 31.3 Å². The first kappa shape index (κ1) is 39.3. The molecule has 4 aromatic carbocycles. The van der Waals surface area contributed by atoms with Gasteiger partial charge in [-0.2, -0.15) is 0 Å². The Morgan fingerprint density at radius 2 is 1.22 bits per heavy atom. The maximum absolute atomic E-state index is 14.2. The summed E-state index contributed by atoms with van der Waals surface area (Å²) in [6.07, 6.45) is -0.0870. The van der Waals surface area contributed by atoms with E-state index >= 15 is 0 Å². The summed E-state index contributed by atoms with van der Waals surface area (Å²) >= 11 is 18.9. The second-order valence-electron chi connectivity index (χ2n) is 9.94. The Kier molecular flexibility index (Phi) is 14.9. The van der Waals surface area contributed by atoms with Gasteiger partial charge in [0, 0.05) is 30.8 Å². The maximum atomic E-state index is 14.2. The smallest absolute Gasteiger partial charge is 0.322 e. The van der Waals surface area contributed by atoms with Crippen LogP contribution in [0.25, 0.3) is 0 Å². The largest absolute Gasteiger partial charge is 0.486 e. The molecule has 49 heavy (non-hydrogen) atoms. The normalized spacial score (nSPS) is 10.4. The standard InChI is InChI=1S/C17H15Cl2FN2O4.C16H14Br2FNO3/c1-21-13-4-2-3-9(15(13)20)8-26-16-11(18)5-10(6-12(16)19)17(25)22-7-14(23)24;1-20-13-4-2-3-10(15(13)19)8-23-16-11(17)5-9(6-12(16)18)7-14(21)22/h2-6,21H,7-8H2,1H3,(H,22,25)(H,23,24);2-6,20H,7-8H2,1H3,(H,21,22). The van der Waals surface area contributed by atoms with Crippen LogP contribution >= 0.6 is 55.1 Å². The molecule has 4 aromatic rings. The highest BCUT2D eigenvalue weighted by Gasteiger charge is 2.17. The van der Waals surface area contributed by atoms with Crippen molar-refractivity contribution in [1.82, 2.24) is 5.32 Å². The molecule has 0 unspecified atom stereocenters. The number of amides is 1. The van der Waals surface area contributed by atoms with Crippen LogP contribution in [0.15, 0.2) is 69.6 Å². The Labute approximate surface area is 307 Å². The first-order valence-electron chi connectivity index (χ1n) is 14.1. The summed E-state index contributed by atoms with van der Waals surface area (Å²) in [6.45, 7) is -0.602. The number of anilines is 2. The number of carboxylic acids is 2. The molecule has 0 spiro atoms. The summed E-state index contributed by atoms with van der Waals surface area (Å²) < 4.78 is 40.7. The van der Waals surface area contributed by atoms with Gasteiger partial charge in [-0.25, -0.2) is 8.78 Å². The average molecular weight is 848 g/mol. The summed E-state index contributed by atoms with van der Waals surface area (Å²) in [7, 11) is 3.25. The van der Waals surface area contributed by atoms with Gasteiger partial charge in [-0.1, -0.05) is 47.5 Å². The van der Waals surface area contributed by atoms with Gasteiger partial charge in [0.05, 0.1) is 36.8 Å². The fourth-order valence-electron chi connectivity index (χ4n) is 4.18.